The van der Waals surface area contributed by atoms with Crippen LogP contribution in [0.3, 0.4) is 0 Å². The fourth-order valence-electron chi connectivity index (χ4n) is 4.30. The molecule has 2 aliphatic rings. The third kappa shape index (κ3) is 6.10. The Hall–Kier alpha value is -2.72. The van der Waals surface area contributed by atoms with Crippen molar-refractivity contribution in [1.29, 1.82) is 0 Å². The van der Waals surface area contributed by atoms with Gasteiger partial charge in [0, 0.05) is 50.0 Å². The molecular formula is C25H30ClN5O3S. The number of anilines is 2. The molecule has 10 heteroatoms. The zero-order valence-electron chi connectivity index (χ0n) is 19.9. The van der Waals surface area contributed by atoms with Crippen LogP contribution in [-0.2, 0) is 9.59 Å². The van der Waals surface area contributed by atoms with Crippen LogP contribution in [-0.4, -0.2) is 91.1 Å². The Kier molecular flexibility index (Phi) is 8.22. The van der Waals surface area contributed by atoms with Crippen molar-refractivity contribution in [2.24, 2.45) is 0 Å². The van der Waals surface area contributed by atoms with Gasteiger partial charge in [-0.2, -0.15) is 0 Å². The molecule has 2 heterocycles. The van der Waals surface area contributed by atoms with Crippen LogP contribution in [0.4, 0.5) is 11.4 Å². The topological polar surface area (TPSA) is 68.4 Å². The van der Waals surface area contributed by atoms with Crippen molar-refractivity contribution in [1.82, 2.24) is 14.7 Å². The zero-order valence-corrected chi connectivity index (χ0v) is 21.5. The maximum atomic E-state index is 13.6. The molecule has 0 aromatic heterocycles. The molecule has 2 aliphatic heterocycles. The van der Waals surface area contributed by atoms with Crippen LogP contribution in [0.25, 0.3) is 0 Å². The van der Waals surface area contributed by atoms with Crippen molar-refractivity contribution in [3.63, 3.8) is 0 Å². The Balaban J connectivity index is 1.50. The molecule has 4 rings (SSSR count). The van der Waals surface area contributed by atoms with Gasteiger partial charge in [-0.15, -0.1) is 0 Å². The number of carbonyl (C=O) groups excluding carboxylic acids is 2. The van der Waals surface area contributed by atoms with Gasteiger partial charge in [-0.1, -0.05) is 11.6 Å². The number of thiocarbonyl (C=S) groups is 1. The first-order chi connectivity index (χ1) is 16.9. The van der Waals surface area contributed by atoms with E-state index in [0.29, 0.717) is 33.8 Å². The number of methoxy groups -OCH3 is 1. The Bertz CT molecular complexity index is 1060. The summed E-state index contributed by atoms with van der Waals surface area (Å²) in [7, 11) is 3.71. The van der Waals surface area contributed by atoms with Gasteiger partial charge in [-0.25, -0.2) is 0 Å². The minimum atomic E-state index is -0.677. The second-order valence-electron chi connectivity index (χ2n) is 8.77. The number of rotatable bonds is 8. The van der Waals surface area contributed by atoms with Gasteiger partial charge in [-0.3, -0.25) is 19.4 Å². The summed E-state index contributed by atoms with van der Waals surface area (Å²) in [5.41, 5.74) is 1.29. The second-order valence-corrected chi connectivity index (χ2v) is 9.57. The van der Waals surface area contributed by atoms with Crippen LogP contribution in [0.15, 0.2) is 48.5 Å². The highest BCUT2D eigenvalue weighted by Crippen LogP contribution is 2.29. The van der Waals surface area contributed by atoms with E-state index in [9.17, 15) is 9.59 Å². The number of carbonyl (C=O) groups is 2. The monoisotopic (exact) mass is 515 g/mol. The molecule has 2 fully saturated rings. The van der Waals surface area contributed by atoms with Crippen molar-refractivity contribution in [3.05, 3.63) is 53.6 Å². The van der Waals surface area contributed by atoms with Crippen LogP contribution in [0, 0.1) is 0 Å². The van der Waals surface area contributed by atoms with E-state index < -0.39 is 6.04 Å². The Labute approximate surface area is 216 Å². The number of hydrogen-bond donors (Lipinski definition) is 1. The molecule has 2 amide bonds. The Morgan fingerprint density at radius 3 is 2.34 bits per heavy atom. The lowest BCUT2D eigenvalue weighted by Gasteiger charge is -2.34. The number of likely N-dealkylation sites (N-methyl/N-ethyl adjacent to an activating group) is 1. The predicted octanol–water partition coefficient (Wildman–Crippen LogP) is 2.93. The number of hydrogen-bond acceptors (Lipinski definition) is 6. The molecule has 1 N–H and O–H groups in total. The maximum absolute atomic E-state index is 13.6. The molecule has 0 saturated carbocycles. The fraction of sp³-hybridized carbons (Fsp3) is 0.400. The van der Waals surface area contributed by atoms with Crippen molar-refractivity contribution >= 4 is 52.1 Å². The molecule has 0 aliphatic carbocycles. The van der Waals surface area contributed by atoms with Crippen LogP contribution in [0.2, 0.25) is 5.02 Å². The molecule has 2 aromatic carbocycles. The standard InChI is InChI=1S/C25H30ClN5O3S/c1-28-11-13-29(14-12-28)15-16-30-22(17-23(32)27-19-5-3-18(26)4-6-19)24(33)31(25(30)35)20-7-9-21(34-2)10-8-20/h3-10,22H,11-17H2,1-2H3,(H,27,32)/t22-/m1/s1. The Morgan fingerprint density at radius 2 is 1.71 bits per heavy atom. The van der Waals surface area contributed by atoms with Crippen molar-refractivity contribution in [2.75, 3.05) is 63.6 Å². The van der Waals surface area contributed by atoms with E-state index >= 15 is 0 Å². The predicted molar refractivity (Wildman–Crippen MR) is 142 cm³/mol. The summed E-state index contributed by atoms with van der Waals surface area (Å²) >= 11 is 11.7. The molecule has 35 heavy (non-hydrogen) atoms. The number of piperazine rings is 1. The van der Waals surface area contributed by atoms with Crippen LogP contribution in [0.5, 0.6) is 5.75 Å². The first kappa shape index (κ1) is 25.4. The number of amides is 2. The SMILES string of the molecule is COc1ccc(N2C(=O)[C@@H](CC(=O)Nc3ccc(Cl)cc3)N(CCN3CCN(C)CC3)C2=S)cc1. The van der Waals surface area contributed by atoms with Gasteiger partial charge in [0.1, 0.15) is 11.8 Å². The van der Waals surface area contributed by atoms with Crippen molar-refractivity contribution in [3.8, 4) is 5.75 Å². The van der Waals surface area contributed by atoms with E-state index in [1.165, 1.54) is 4.90 Å². The van der Waals surface area contributed by atoms with Crippen molar-refractivity contribution < 1.29 is 14.3 Å². The first-order valence-electron chi connectivity index (χ1n) is 11.6. The molecule has 2 aromatic rings. The Morgan fingerprint density at radius 1 is 1.06 bits per heavy atom. The van der Waals surface area contributed by atoms with Crippen molar-refractivity contribution in [2.45, 2.75) is 12.5 Å². The van der Waals surface area contributed by atoms with E-state index in [-0.39, 0.29) is 18.2 Å². The average Bonchev–Trinajstić information content (AvgIpc) is 3.08. The van der Waals surface area contributed by atoms with Gasteiger partial charge < -0.3 is 19.9 Å². The van der Waals surface area contributed by atoms with E-state index in [4.69, 9.17) is 28.6 Å². The zero-order chi connectivity index (χ0) is 24.9. The normalized spacial score (nSPS) is 19.3. The van der Waals surface area contributed by atoms with Gasteiger partial charge in [0.25, 0.3) is 5.91 Å². The molecular weight excluding hydrogens is 486 g/mol. The lowest BCUT2D eigenvalue weighted by atomic mass is 10.1. The van der Waals surface area contributed by atoms with Gasteiger partial charge in [0.05, 0.1) is 19.2 Å². The summed E-state index contributed by atoms with van der Waals surface area (Å²) in [5.74, 6) is 0.233. The number of benzene rings is 2. The minimum Gasteiger partial charge on any atom is -0.497 e. The third-order valence-electron chi connectivity index (χ3n) is 6.41. The molecule has 0 spiro atoms. The van der Waals surface area contributed by atoms with Gasteiger partial charge in [0.15, 0.2) is 5.11 Å². The highest BCUT2D eigenvalue weighted by molar-refractivity contribution is 7.80. The third-order valence-corrected chi connectivity index (χ3v) is 7.08. The minimum absolute atomic E-state index is 0.00298. The second kappa shape index (κ2) is 11.3. The highest BCUT2D eigenvalue weighted by atomic mass is 35.5. The maximum Gasteiger partial charge on any atom is 0.256 e. The van der Waals surface area contributed by atoms with E-state index in [2.05, 4.69) is 22.2 Å². The smallest absolute Gasteiger partial charge is 0.256 e. The molecule has 1 atom stereocenters. The number of halogens is 1. The van der Waals surface area contributed by atoms with Crippen LogP contribution >= 0.6 is 23.8 Å². The van der Waals surface area contributed by atoms with E-state index in [1.54, 1.807) is 55.6 Å². The molecule has 0 unspecified atom stereocenters. The number of nitrogens with zero attached hydrogens (tertiary/aromatic N) is 4. The number of ether oxygens (including phenoxy) is 1. The summed E-state index contributed by atoms with van der Waals surface area (Å²) in [5, 5.41) is 3.86. The summed E-state index contributed by atoms with van der Waals surface area (Å²) in [4.78, 5) is 34.5. The summed E-state index contributed by atoms with van der Waals surface area (Å²) in [6.45, 7) is 5.29. The molecule has 2 saturated heterocycles. The lowest BCUT2D eigenvalue weighted by Crippen LogP contribution is -2.48. The molecule has 0 radical (unpaired) electrons. The van der Waals surface area contributed by atoms with E-state index in [0.717, 1.165) is 32.7 Å². The summed E-state index contributed by atoms with van der Waals surface area (Å²) in [6, 6.07) is 13.4. The average molecular weight is 516 g/mol. The summed E-state index contributed by atoms with van der Waals surface area (Å²) < 4.78 is 5.24. The van der Waals surface area contributed by atoms with Crippen LogP contribution in [0.1, 0.15) is 6.42 Å². The highest BCUT2D eigenvalue weighted by Gasteiger charge is 2.44. The molecule has 0 bridgehead atoms. The van der Waals surface area contributed by atoms with Crippen LogP contribution < -0.4 is 15.0 Å². The van der Waals surface area contributed by atoms with Gasteiger partial charge >= 0.3 is 0 Å². The lowest BCUT2D eigenvalue weighted by molar-refractivity contribution is -0.124. The number of nitrogens with one attached hydrogen (secondary N) is 1. The fourth-order valence-corrected chi connectivity index (χ4v) is 4.84. The quantitative estimate of drug-likeness (QED) is 0.542. The first-order valence-corrected chi connectivity index (χ1v) is 12.4. The van der Waals surface area contributed by atoms with E-state index in [1.807, 2.05) is 4.90 Å². The van der Waals surface area contributed by atoms with Gasteiger partial charge in [0.2, 0.25) is 5.91 Å². The summed E-state index contributed by atoms with van der Waals surface area (Å²) in [6.07, 6.45) is -0.00298. The molecule has 8 nitrogen and oxygen atoms in total. The largest absolute Gasteiger partial charge is 0.497 e. The molecule has 186 valence electrons. The van der Waals surface area contributed by atoms with Gasteiger partial charge in [-0.05, 0) is 67.8 Å².